The maximum absolute atomic E-state index is 10.6. The molecule has 1 unspecified atom stereocenters. The number of carboxylic acid groups (broad SMARTS) is 1. The van der Waals surface area contributed by atoms with Gasteiger partial charge in [-0.25, -0.2) is 0 Å². The molecule has 5 heteroatoms. The van der Waals surface area contributed by atoms with E-state index in [2.05, 4.69) is 15.9 Å². The van der Waals surface area contributed by atoms with E-state index in [0.717, 1.165) is 15.6 Å². The van der Waals surface area contributed by atoms with E-state index in [9.17, 15) is 4.79 Å². The monoisotopic (exact) mass is 287 g/mol. The van der Waals surface area contributed by atoms with Crippen LogP contribution in [-0.2, 0) is 4.79 Å². The Kier molecular flexibility index (Phi) is 4.32. The Labute approximate surface area is 103 Å². The van der Waals surface area contributed by atoms with Gasteiger partial charge in [-0.2, -0.15) is 0 Å². The Morgan fingerprint density at radius 3 is 2.75 bits per heavy atom. The van der Waals surface area contributed by atoms with Crippen LogP contribution in [0.25, 0.3) is 0 Å². The molecule has 1 aromatic carbocycles. The molecular weight excluding hydrogens is 274 g/mol. The molecule has 0 saturated carbocycles. The van der Waals surface area contributed by atoms with Crippen molar-refractivity contribution in [3.8, 4) is 5.75 Å². The Balaban J connectivity index is 3.10. The van der Waals surface area contributed by atoms with E-state index in [4.69, 9.17) is 15.6 Å². The normalized spacial score (nSPS) is 12.2. The lowest BCUT2D eigenvalue weighted by Gasteiger charge is -2.15. The number of hydrogen-bond donors (Lipinski definition) is 2. The number of halogens is 1. The Morgan fingerprint density at radius 2 is 2.25 bits per heavy atom. The number of aliphatic carboxylic acids is 1. The summed E-state index contributed by atoms with van der Waals surface area (Å²) in [7, 11) is 1.57. The van der Waals surface area contributed by atoms with E-state index >= 15 is 0 Å². The molecule has 0 aromatic heterocycles. The summed E-state index contributed by atoms with van der Waals surface area (Å²) in [6, 6.07) is 3.14. The van der Waals surface area contributed by atoms with Crippen LogP contribution in [0.15, 0.2) is 16.6 Å². The highest BCUT2D eigenvalue weighted by atomic mass is 79.9. The second kappa shape index (κ2) is 5.32. The van der Waals surface area contributed by atoms with Crippen LogP contribution in [0.3, 0.4) is 0 Å². The number of methoxy groups -OCH3 is 1. The van der Waals surface area contributed by atoms with E-state index in [-0.39, 0.29) is 6.42 Å². The van der Waals surface area contributed by atoms with Crippen molar-refractivity contribution in [2.75, 3.05) is 7.11 Å². The van der Waals surface area contributed by atoms with Crippen LogP contribution < -0.4 is 10.5 Å². The molecule has 0 amide bonds. The van der Waals surface area contributed by atoms with Gasteiger partial charge in [0.25, 0.3) is 0 Å². The highest BCUT2D eigenvalue weighted by molar-refractivity contribution is 9.10. The molecule has 0 aliphatic carbocycles. The lowest BCUT2D eigenvalue weighted by Crippen LogP contribution is -2.15. The molecular formula is C11H14BrNO3. The van der Waals surface area contributed by atoms with Crippen molar-refractivity contribution in [2.45, 2.75) is 19.4 Å². The van der Waals surface area contributed by atoms with Gasteiger partial charge in [0, 0.05) is 6.04 Å². The average molecular weight is 288 g/mol. The van der Waals surface area contributed by atoms with Gasteiger partial charge in [0.1, 0.15) is 5.75 Å². The van der Waals surface area contributed by atoms with Crippen LogP contribution in [0.2, 0.25) is 0 Å². The van der Waals surface area contributed by atoms with Crippen LogP contribution in [0.4, 0.5) is 0 Å². The van der Waals surface area contributed by atoms with Gasteiger partial charge < -0.3 is 15.6 Å². The molecule has 1 atom stereocenters. The Hall–Kier alpha value is -1.07. The number of nitrogens with two attached hydrogens (primary N) is 1. The van der Waals surface area contributed by atoms with Gasteiger partial charge in [-0.3, -0.25) is 4.79 Å². The van der Waals surface area contributed by atoms with Crippen molar-refractivity contribution in [1.29, 1.82) is 0 Å². The van der Waals surface area contributed by atoms with Gasteiger partial charge in [-0.05, 0) is 34.0 Å². The summed E-state index contributed by atoms with van der Waals surface area (Å²) in [4.78, 5) is 10.6. The van der Waals surface area contributed by atoms with E-state index in [1.165, 1.54) is 0 Å². The number of benzene rings is 1. The summed E-state index contributed by atoms with van der Waals surface area (Å²) in [5, 5.41) is 8.69. The van der Waals surface area contributed by atoms with Crippen LogP contribution in [0, 0.1) is 6.92 Å². The second-order valence-corrected chi connectivity index (χ2v) is 4.32. The van der Waals surface area contributed by atoms with Gasteiger partial charge >= 0.3 is 5.97 Å². The average Bonchev–Trinajstić information content (AvgIpc) is 2.17. The van der Waals surface area contributed by atoms with E-state index in [0.29, 0.717) is 5.75 Å². The van der Waals surface area contributed by atoms with Gasteiger partial charge in [-0.1, -0.05) is 12.1 Å². The number of hydrogen-bond acceptors (Lipinski definition) is 3. The predicted octanol–water partition coefficient (Wildman–Crippen LogP) is 2.24. The molecule has 1 rings (SSSR count). The smallest absolute Gasteiger partial charge is 0.305 e. The molecule has 16 heavy (non-hydrogen) atoms. The zero-order valence-corrected chi connectivity index (χ0v) is 10.7. The molecule has 0 saturated heterocycles. The van der Waals surface area contributed by atoms with Crippen molar-refractivity contribution in [1.82, 2.24) is 0 Å². The molecule has 4 nitrogen and oxygen atoms in total. The molecule has 0 heterocycles. The summed E-state index contributed by atoms with van der Waals surface area (Å²) in [6.07, 6.45) is -0.106. The quantitative estimate of drug-likeness (QED) is 0.891. The molecule has 0 bridgehead atoms. The number of ether oxygens (including phenoxy) is 1. The third-order valence-electron chi connectivity index (χ3n) is 2.32. The molecule has 0 fully saturated rings. The zero-order chi connectivity index (χ0) is 12.3. The van der Waals surface area contributed by atoms with Crippen molar-refractivity contribution in [3.63, 3.8) is 0 Å². The van der Waals surface area contributed by atoms with Crippen LogP contribution in [0.1, 0.15) is 23.6 Å². The van der Waals surface area contributed by atoms with Crippen molar-refractivity contribution in [2.24, 2.45) is 5.73 Å². The maximum atomic E-state index is 10.6. The molecule has 0 aliphatic heterocycles. The molecule has 3 N–H and O–H groups in total. The van der Waals surface area contributed by atoms with Crippen molar-refractivity contribution < 1.29 is 14.6 Å². The lowest BCUT2D eigenvalue weighted by molar-refractivity contribution is -0.137. The topological polar surface area (TPSA) is 72.5 Å². The fourth-order valence-electron chi connectivity index (χ4n) is 1.50. The molecule has 0 aliphatic rings. The SMILES string of the molecule is COc1c(C)ccc(C(N)CC(=O)O)c1Br. The Bertz CT molecular complexity index is 406. The summed E-state index contributed by atoms with van der Waals surface area (Å²) in [5.74, 6) is -0.225. The number of carbonyl (C=O) groups is 1. The number of carboxylic acids is 1. The highest BCUT2D eigenvalue weighted by Gasteiger charge is 2.17. The molecule has 1 aromatic rings. The number of aryl methyl sites for hydroxylation is 1. The molecule has 0 radical (unpaired) electrons. The Morgan fingerprint density at radius 1 is 1.62 bits per heavy atom. The zero-order valence-electron chi connectivity index (χ0n) is 9.16. The van der Waals surface area contributed by atoms with Gasteiger partial charge in [0.05, 0.1) is 18.0 Å². The first-order valence-electron chi connectivity index (χ1n) is 4.77. The largest absolute Gasteiger partial charge is 0.495 e. The van der Waals surface area contributed by atoms with Crippen molar-refractivity contribution >= 4 is 21.9 Å². The fourth-order valence-corrected chi connectivity index (χ4v) is 2.40. The van der Waals surface area contributed by atoms with E-state index in [1.807, 2.05) is 19.1 Å². The summed E-state index contributed by atoms with van der Waals surface area (Å²) < 4.78 is 5.95. The summed E-state index contributed by atoms with van der Waals surface area (Å²) in [6.45, 7) is 1.91. The first kappa shape index (κ1) is 13.0. The van der Waals surface area contributed by atoms with Gasteiger partial charge in [0.2, 0.25) is 0 Å². The highest BCUT2D eigenvalue weighted by Crippen LogP contribution is 2.35. The third kappa shape index (κ3) is 2.74. The molecule has 88 valence electrons. The molecule has 0 spiro atoms. The van der Waals surface area contributed by atoms with Crippen molar-refractivity contribution in [3.05, 3.63) is 27.7 Å². The van der Waals surface area contributed by atoms with Gasteiger partial charge in [-0.15, -0.1) is 0 Å². The minimum atomic E-state index is -0.918. The van der Waals surface area contributed by atoms with Gasteiger partial charge in [0.15, 0.2) is 0 Å². The minimum absolute atomic E-state index is 0.106. The standard InChI is InChI=1S/C11H14BrNO3/c1-6-3-4-7(8(13)5-9(14)15)10(12)11(6)16-2/h3-4,8H,5,13H2,1-2H3,(H,14,15). The minimum Gasteiger partial charge on any atom is -0.495 e. The first-order valence-corrected chi connectivity index (χ1v) is 5.57. The third-order valence-corrected chi connectivity index (χ3v) is 3.14. The maximum Gasteiger partial charge on any atom is 0.305 e. The summed E-state index contributed by atoms with van der Waals surface area (Å²) >= 11 is 3.38. The predicted molar refractivity (Wildman–Crippen MR) is 64.6 cm³/mol. The lowest BCUT2D eigenvalue weighted by atomic mass is 10.0. The number of rotatable bonds is 4. The van der Waals surface area contributed by atoms with Crippen LogP contribution in [-0.4, -0.2) is 18.2 Å². The van der Waals surface area contributed by atoms with Crippen LogP contribution >= 0.6 is 15.9 Å². The fraction of sp³-hybridized carbons (Fsp3) is 0.364. The van der Waals surface area contributed by atoms with Crippen LogP contribution in [0.5, 0.6) is 5.75 Å². The van der Waals surface area contributed by atoms with E-state index in [1.54, 1.807) is 7.11 Å². The second-order valence-electron chi connectivity index (χ2n) is 3.52. The van der Waals surface area contributed by atoms with E-state index < -0.39 is 12.0 Å². The summed E-state index contributed by atoms with van der Waals surface area (Å²) in [5.41, 5.74) is 7.52. The first-order chi connectivity index (χ1) is 7.47.